The van der Waals surface area contributed by atoms with Gasteiger partial charge in [0, 0.05) is 70.9 Å². The number of para-hydroxylation sites is 1. The van der Waals surface area contributed by atoms with E-state index in [9.17, 15) is 19.5 Å². The second-order valence-electron chi connectivity index (χ2n) is 14.8. The van der Waals surface area contributed by atoms with Gasteiger partial charge in [0.2, 0.25) is 5.69 Å². The number of benzene rings is 2. The Labute approximate surface area is 317 Å². The molecule has 0 bridgehead atoms. The zero-order valence-electron chi connectivity index (χ0n) is 32.2. The first-order valence-corrected chi connectivity index (χ1v) is 18.7. The number of hydrogen-bond acceptors (Lipinski definition) is 6. The molecule has 0 radical (unpaired) electrons. The number of fused-ring (bicyclic) bond motifs is 2. The monoisotopic (exact) mass is 733 g/mol. The predicted molar refractivity (Wildman–Crippen MR) is 213 cm³/mol. The van der Waals surface area contributed by atoms with Crippen molar-refractivity contribution in [3.8, 4) is 0 Å². The van der Waals surface area contributed by atoms with E-state index in [1.165, 1.54) is 15.4 Å². The van der Waals surface area contributed by atoms with Crippen molar-refractivity contribution in [2.45, 2.75) is 72.1 Å². The molecule has 1 fully saturated rings. The van der Waals surface area contributed by atoms with Crippen LogP contribution in [0.3, 0.4) is 0 Å². The van der Waals surface area contributed by atoms with Crippen LogP contribution in [0.4, 0.5) is 11.4 Å². The molecule has 1 aliphatic carbocycles. The number of anilines is 1. The Balaban J connectivity index is 1.62. The van der Waals surface area contributed by atoms with E-state index in [4.69, 9.17) is 17.0 Å². The summed E-state index contributed by atoms with van der Waals surface area (Å²) in [5, 5.41) is 9.98. The van der Waals surface area contributed by atoms with E-state index >= 15 is 0 Å². The lowest BCUT2D eigenvalue weighted by Gasteiger charge is -2.39. The lowest BCUT2D eigenvalue weighted by atomic mass is 9.73. The second kappa shape index (κ2) is 14.0. The number of nitrogens with zero attached hydrogens (tertiary/aromatic N) is 4. The third kappa shape index (κ3) is 5.87. The van der Waals surface area contributed by atoms with Crippen molar-refractivity contribution in [1.29, 1.82) is 0 Å². The van der Waals surface area contributed by atoms with Crippen LogP contribution in [0.25, 0.3) is 0 Å². The number of hydrogen-bond donors (Lipinski definition) is 1. The molecule has 0 atom stereocenters. The van der Waals surface area contributed by atoms with Crippen molar-refractivity contribution in [1.82, 2.24) is 9.80 Å². The average Bonchev–Trinajstić information content (AvgIpc) is 3.45. The van der Waals surface area contributed by atoms with Crippen LogP contribution >= 0.6 is 12.2 Å². The quantitative estimate of drug-likeness (QED) is 0.0673. The highest BCUT2D eigenvalue weighted by Gasteiger charge is 2.49. The van der Waals surface area contributed by atoms with E-state index < -0.39 is 28.6 Å². The van der Waals surface area contributed by atoms with Crippen LogP contribution in [0.15, 0.2) is 101 Å². The van der Waals surface area contributed by atoms with Crippen LogP contribution in [0.2, 0.25) is 0 Å². The van der Waals surface area contributed by atoms with Crippen LogP contribution in [0.1, 0.15) is 82.8 Å². The summed E-state index contributed by atoms with van der Waals surface area (Å²) in [6, 6.07) is 13.6. The molecular weight excluding hydrogens is 685 g/mol. The van der Waals surface area contributed by atoms with Crippen LogP contribution in [-0.2, 0) is 25.2 Å². The molecule has 0 saturated carbocycles. The first-order chi connectivity index (χ1) is 25.2. The molecule has 2 amide bonds. The Morgan fingerprint density at radius 3 is 2.19 bits per heavy atom. The van der Waals surface area contributed by atoms with Gasteiger partial charge in [-0.05, 0) is 89.5 Å². The molecule has 3 heterocycles. The van der Waals surface area contributed by atoms with Crippen molar-refractivity contribution >= 4 is 52.2 Å². The number of ether oxygens (including phenoxy) is 1. The van der Waals surface area contributed by atoms with Gasteiger partial charge in [-0.15, -0.1) is 0 Å². The molecule has 1 saturated heterocycles. The fraction of sp³-hybridized carbons (Fsp3) is 0.372. The molecule has 2 aromatic rings. The molecule has 0 spiro atoms. The zero-order valence-corrected chi connectivity index (χ0v) is 33.0. The third-order valence-electron chi connectivity index (χ3n) is 11.1. The van der Waals surface area contributed by atoms with E-state index in [0.29, 0.717) is 35.6 Å². The number of rotatable bonds is 10. The van der Waals surface area contributed by atoms with E-state index in [-0.39, 0.29) is 16.2 Å². The van der Waals surface area contributed by atoms with Crippen LogP contribution in [-0.4, -0.2) is 81.9 Å². The average molecular weight is 734 g/mol. The van der Waals surface area contributed by atoms with Crippen molar-refractivity contribution in [2.24, 2.45) is 0 Å². The fourth-order valence-corrected chi connectivity index (χ4v) is 8.67. The van der Waals surface area contributed by atoms with Crippen molar-refractivity contribution in [2.75, 3.05) is 38.7 Å². The van der Waals surface area contributed by atoms with Gasteiger partial charge in [0.25, 0.3) is 11.8 Å². The Hall–Kier alpha value is -5.09. The summed E-state index contributed by atoms with van der Waals surface area (Å²) in [7, 11) is 3.56. The lowest BCUT2D eigenvalue weighted by Crippen LogP contribution is -2.56. The van der Waals surface area contributed by atoms with Crippen LogP contribution in [0.5, 0.6) is 0 Å². The minimum atomic E-state index is -0.993. The first kappa shape index (κ1) is 37.7. The summed E-state index contributed by atoms with van der Waals surface area (Å²) in [5.41, 5.74) is 7.09. The van der Waals surface area contributed by atoms with E-state index in [2.05, 4.69) is 75.1 Å². The van der Waals surface area contributed by atoms with E-state index in [1.807, 2.05) is 44.5 Å². The number of aromatic carboxylic acids is 1. The molecule has 0 unspecified atom stereocenters. The Kier molecular flexibility index (Phi) is 9.98. The summed E-state index contributed by atoms with van der Waals surface area (Å²) in [6.45, 7) is 15.7. The summed E-state index contributed by atoms with van der Waals surface area (Å²) in [6.07, 6.45) is 10.2. The number of carbonyl (C=O) groups is 3. The van der Waals surface area contributed by atoms with Gasteiger partial charge < -0.3 is 14.7 Å². The summed E-state index contributed by atoms with van der Waals surface area (Å²) < 4.78 is 8.24. The molecule has 10 heteroatoms. The van der Waals surface area contributed by atoms with Gasteiger partial charge >= 0.3 is 5.97 Å². The van der Waals surface area contributed by atoms with Gasteiger partial charge in [-0.1, -0.05) is 44.2 Å². The fourth-order valence-electron chi connectivity index (χ4n) is 8.25. The highest BCUT2D eigenvalue weighted by molar-refractivity contribution is 7.80. The minimum Gasteiger partial charge on any atom is -0.495 e. The maximum absolute atomic E-state index is 14.4. The highest BCUT2D eigenvalue weighted by Crippen LogP contribution is 2.52. The first-order valence-electron chi connectivity index (χ1n) is 18.3. The van der Waals surface area contributed by atoms with Gasteiger partial charge in [0.15, 0.2) is 10.8 Å². The molecule has 1 N–H and O–H groups in total. The molecule has 6 rings (SSSR count). The minimum absolute atomic E-state index is 0.0545. The Morgan fingerprint density at radius 1 is 0.925 bits per heavy atom. The number of thiocarbonyl (C=S) groups is 1. The zero-order chi connectivity index (χ0) is 38.6. The number of carbonyl (C=O) groups excluding carboxylic acids is 2. The smallest absolute Gasteiger partial charge is 0.335 e. The predicted octanol–water partition coefficient (Wildman–Crippen LogP) is 7.56. The second-order valence-corrected chi connectivity index (χ2v) is 15.1. The number of carboxylic acids is 1. The highest BCUT2D eigenvalue weighted by atomic mass is 32.1. The number of likely N-dealkylation sites (N-methyl/N-ethyl adjacent to an activating group) is 2. The van der Waals surface area contributed by atoms with Crippen molar-refractivity contribution in [3.05, 3.63) is 117 Å². The van der Waals surface area contributed by atoms with E-state index in [1.54, 1.807) is 19.2 Å². The van der Waals surface area contributed by atoms with Crippen LogP contribution in [0, 0.1) is 0 Å². The molecule has 0 aromatic heterocycles. The topological polar surface area (TPSA) is 93.4 Å². The van der Waals surface area contributed by atoms with Crippen molar-refractivity contribution in [3.63, 3.8) is 0 Å². The Bertz CT molecular complexity index is 2120. The normalized spacial score (nSPS) is 20.8. The Morgan fingerprint density at radius 2 is 1.58 bits per heavy atom. The van der Waals surface area contributed by atoms with Gasteiger partial charge in [0.05, 0.1) is 18.1 Å². The number of amides is 2. The number of carboxylic acid groups (broad SMARTS) is 1. The molecule has 4 aliphatic rings. The number of methoxy groups -OCH3 is 1. The SMILES string of the molecule is C/C=C/CCCN1/C(=C/C2=C(OC)C(=C\C3=[N+](C)c4ccc(C(=O)O)cc4C3(C)C)/C2=C2C(=O)N(CC)C(=S)N(CC)C2=O)C(C)(C)c2ccccc21. The molecule has 9 nitrogen and oxygen atoms in total. The maximum atomic E-state index is 14.4. The van der Waals surface area contributed by atoms with Gasteiger partial charge in [-0.25, -0.2) is 4.79 Å². The van der Waals surface area contributed by atoms with Gasteiger partial charge in [0.1, 0.15) is 18.4 Å². The van der Waals surface area contributed by atoms with Crippen LogP contribution < -0.4 is 4.90 Å². The molecule has 2 aromatic carbocycles. The summed E-state index contributed by atoms with van der Waals surface area (Å²) >= 11 is 5.65. The summed E-state index contributed by atoms with van der Waals surface area (Å²) in [4.78, 5) is 46.1. The third-order valence-corrected chi connectivity index (χ3v) is 11.6. The van der Waals surface area contributed by atoms with Gasteiger partial charge in [-0.2, -0.15) is 4.58 Å². The summed E-state index contributed by atoms with van der Waals surface area (Å²) in [5.74, 6) is -1.30. The van der Waals surface area contributed by atoms with E-state index in [0.717, 1.165) is 47.7 Å². The largest absolute Gasteiger partial charge is 0.495 e. The van der Waals surface area contributed by atoms with Crippen molar-refractivity contribution < 1.29 is 28.8 Å². The number of allylic oxidation sites excluding steroid dienone is 7. The molecule has 3 aliphatic heterocycles. The van der Waals surface area contributed by atoms with Gasteiger partial charge in [-0.3, -0.25) is 19.4 Å². The molecule has 53 heavy (non-hydrogen) atoms. The molecular formula is C43H49N4O5S+. The maximum Gasteiger partial charge on any atom is 0.335 e. The molecule has 276 valence electrons. The standard InChI is InChI=1S/C43H48N4O5S/c1-10-13-14-17-22-47-32-19-16-15-18-29(32)42(4,5)34(47)25-28-35(36-38(48)45(11-2)41(53)46(12-3)39(36)49)27(37(28)52-9)24-33-43(6,7)30-23-26(40(50)51)20-21-31(30)44(33)8/h10,13,15-16,18-21,23-25H,11-12,14,17,22H2,1-9H3/p+1/b13-10+. The lowest BCUT2D eigenvalue weighted by molar-refractivity contribution is -0.401. The number of unbranched alkanes of at least 4 members (excludes halogenated alkanes) is 1.